The number of carbonyl (C=O) groups excluding carboxylic acids is 2. The summed E-state index contributed by atoms with van der Waals surface area (Å²) in [7, 11) is 0. The van der Waals surface area contributed by atoms with Crippen molar-refractivity contribution < 1.29 is 19.8 Å². The number of carbonyl (C=O) groups is 2. The van der Waals surface area contributed by atoms with Crippen LogP contribution in [0.3, 0.4) is 0 Å². The number of phenols is 1. The first kappa shape index (κ1) is 21.6. The van der Waals surface area contributed by atoms with Crippen LogP contribution >= 0.6 is 0 Å². The number of piperidine rings is 2. The first-order valence-electron chi connectivity index (χ1n) is 12.7. The number of likely N-dealkylation sites (tertiary alicyclic amines) is 1. The fourth-order valence-electron chi connectivity index (χ4n) is 7.26. The molecule has 0 radical (unpaired) electrons. The van der Waals surface area contributed by atoms with E-state index < -0.39 is 17.1 Å². The number of amides is 1. The van der Waals surface area contributed by atoms with Gasteiger partial charge >= 0.3 is 0 Å². The highest BCUT2D eigenvalue weighted by molar-refractivity contribution is 5.92. The van der Waals surface area contributed by atoms with Crippen LogP contribution in [0.2, 0.25) is 0 Å². The fourth-order valence-corrected chi connectivity index (χ4v) is 7.26. The molecule has 5 aliphatic rings. The molecule has 6 rings (SSSR count). The lowest BCUT2D eigenvalue weighted by Gasteiger charge is -2.64. The number of ketones is 1. The van der Waals surface area contributed by atoms with Gasteiger partial charge in [0.1, 0.15) is 5.75 Å². The molecule has 2 bridgehead atoms. The fraction of sp³-hybridized carbons (Fsp3) is 0.692. The van der Waals surface area contributed by atoms with Crippen LogP contribution in [-0.4, -0.2) is 70.7 Å². The van der Waals surface area contributed by atoms with Crippen LogP contribution in [0.15, 0.2) is 18.2 Å². The number of rotatable bonds is 4. The zero-order valence-corrected chi connectivity index (χ0v) is 19.2. The molecule has 0 spiro atoms. The van der Waals surface area contributed by atoms with Crippen molar-refractivity contribution in [3.05, 3.63) is 29.3 Å². The molecule has 0 unspecified atom stereocenters. The van der Waals surface area contributed by atoms with Crippen LogP contribution in [0.5, 0.6) is 5.75 Å². The van der Waals surface area contributed by atoms with Crippen LogP contribution < -0.4 is 10.6 Å². The van der Waals surface area contributed by atoms with Gasteiger partial charge in [0.15, 0.2) is 5.78 Å². The van der Waals surface area contributed by atoms with Crippen LogP contribution in [0.1, 0.15) is 56.1 Å². The van der Waals surface area contributed by atoms with E-state index in [0.29, 0.717) is 18.8 Å². The summed E-state index contributed by atoms with van der Waals surface area (Å²) in [5.41, 5.74) is 0.259. The first-order chi connectivity index (χ1) is 15.9. The minimum absolute atomic E-state index is 0.00699. The first-order valence-corrected chi connectivity index (χ1v) is 12.7. The number of hydrogen-bond acceptors (Lipinski definition) is 6. The van der Waals surface area contributed by atoms with Crippen molar-refractivity contribution in [2.75, 3.05) is 26.2 Å². The summed E-state index contributed by atoms with van der Waals surface area (Å²) in [5, 5.41) is 29.1. The Bertz CT molecular complexity index is 972. The Morgan fingerprint density at radius 2 is 2.00 bits per heavy atom. The van der Waals surface area contributed by atoms with Crippen molar-refractivity contribution >= 4 is 11.7 Å². The Hall–Kier alpha value is -1.96. The summed E-state index contributed by atoms with van der Waals surface area (Å²) >= 11 is 0. The molecule has 1 amide bonds. The molecule has 4 atom stereocenters. The Balaban J connectivity index is 1.34. The number of nitrogens with one attached hydrogen (secondary N) is 2. The van der Waals surface area contributed by atoms with Crippen molar-refractivity contribution in [1.82, 2.24) is 15.5 Å². The van der Waals surface area contributed by atoms with Gasteiger partial charge in [-0.05, 0) is 87.3 Å². The average Bonchev–Trinajstić information content (AvgIpc) is 3.62. The van der Waals surface area contributed by atoms with E-state index in [1.807, 2.05) is 6.07 Å². The van der Waals surface area contributed by atoms with Gasteiger partial charge in [-0.3, -0.25) is 14.5 Å². The van der Waals surface area contributed by atoms with Gasteiger partial charge < -0.3 is 20.8 Å². The Labute approximate surface area is 194 Å². The monoisotopic (exact) mass is 453 g/mol. The van der Waals surface area contributed by atoms with Crippen LogP contribution in [0.4, 0.5) is 0 Å². The summed E-state index contributed by atoms with van der Waals surface area (Å²) < 4.78 is 0. The smallest absolute Gasteiger partial charge is 0.223 e. The predicted octanol–water partition coefficient (Wildman–Crippen LogP) is 1.25. The van der Waals surface area contributed by atoms with Crippen molar-refractivity contribution in [2.45, 2.75) is 74.5 Å². The lowest BCUT2D eigenvalue weighted by Crippen LogP contribution is -2.76. The highest BCUT2D eigenvalue weighted by Gasteiger charge is 2.66. The lowest BCUT2D eigenvalue weighted by atomic mass is 9.48. The van der Waals surface area contributed by atoms with Crippen molar-refractivity contribution in [1.29, 1.82) is 0 Å². The molecule has 4 fully saturated rings. The van der Waals surface area contributed by atoms with Gasteiger partial charge in [-0.2, -0.15) is 0 Å². The SMILES string of the molecule is O=C(N[C@H]1C[C@@]2(O)[C@H]3Cc4ccc(O)cc4[C@@]2(CCN3CC2CC2)CC1=O)C1CCNCC1. The van der Waals surface area contributed by atoms with Gasteiger partial charge in [0.25, 0.3) is 0 Å². The van der Waals surface area contributed by atoms with Gasteiger partial charge in [-0.15, -0.1) is 0 Å². The molecule has 0 aromatic heterocycles. The molecule has 3 aliphatic carbocycles. The van der Waals surface area contributed by atoms with E-state index in [2.05, 4.69) is 15.5 Å². The molecule has 4 N–H and O–H groups in total. The van der Waals surface area contributed by atoms with E-state index in [4.69, 9.17) is 0 Å². The molecule has 2 saturated heterocycles. The maximum absolute atomic E-state index is 13.5. The number of aliphatic hydroxyl groups is 1. The number of phenolic OH excluding ortho intramolecular Hbond substituents is 1. The van der Waals surface area contributed by atoms with Crippen molar-refractivity contribution in [2.24, 2.45) is 11.8 Å². The second-order valence-corrected chi connectivity index (χ2v) is 11.2. The minimum atomic E-state index is -1.11. The molecular formula is C26H35N3O4. The summed E-state index contributed by atoms with van der Waals surface area (Å²) in [6.45, 7) is 3.50. The number of nitrogens with zero attached hydrogens (tertiary/aromatic N) is 1. The van der Waals surface area contributed by atoms with Gasteiger partial charge in [-0.1, -0.05) is 6.07 Å². The third-order valence-corrected chi connectivity index (χ3v) is 9.26. The summed E-state index contributed by atoms with van der Waals surface area (Å²) in [4.78, 5) is 28.9. The molecular weight excluding hydrogens is 418 g/mol. The molecule has 7 nitrogen and oxygen atoms in total. The second kappa shape index (κ2) is 7.79. The highest BCUT2D eigenvalue weighted by atomic mass is 16.3. The second-order valence-electron chi connectivity index (χ2n) is 11.2. The van der Waals surface area contributed by atoms with Crippen molar-refractivity contribution in [3.63, 3.8) is 0 Å². The van der Waals surface area contributed by atoms with Gasteiger partial charge in [-0.25, -0.2) is 0 Å². The van der Waals surface area contributed by atoms with Crippen LogP contribution in [0, 0.1) is 11.8 Å². The molecule has 7 heteroatoms. The van der Waals surface area contributed by atoms with E-state index >= 15 is 0 Å². The zero-order chi connectivity index (χ0) is 22.8. The molecule has 178 valence electrons. The summed E-state index contributed by atoms with van der Waals surface area (Å²) in [5.74, 6) is 0.774. The quantitative estimate of drug-likeness (QED) is 0.547. The third-order valence-electron chi connectivity index (χ3n) is 9.26. The number of fused-ring (bicyclic) bond motifs is 1. The number of aromatic hydroxyl groups is 1. The largest absolute Gasteiger partial charge is 0.508 e. The van der Waals surface area contributed by atoms with Crippen LogP contribution in [-0.2, 0) is 21.4 Å². The van der Waals surface area contributed by atoms with E-state index in [0.717, 1.165) is 50.1 Å². The van der Waals surface area contributed by atoms with Gasteiger partial charge in [0, 0.05) is 36.8 Å². The molecule has 1 aromatic rings. The standard InChI is InChI=1S/C26H35N3O4/c30-19-4-3-18-11-23-26(33)13-21(28-24(32)17-5-8-27-9-6-17)22(31)14-25(26,20(18)12-19)7-10-29(23)15-16-1-2-16/h3-4,12,16-17,21,23,27,30,33H,1-2,5-11,13-15H2,(H,28,32)/t21-,23+,25+,26+/m0/s1. The maximum Gasteiger partial charge on any atom is 0.223 e. The van der Waals surface area contributed by atoms with Gasteiger partial charge in [0.2, 0.25) is 5.91 Å². The number of hydrogen-bond donors (Lipinski definition) is 4. The topological polar surface area (TPSA) is 102 Å². The molecule has 2 saturated carbocycles. The van der Waals surface area contributed by atoms with Crippen molar-refractivity contribution in [3.8, 4) is 5.75 Å². The third kappa shape index (κ3) is 3.43. The molecule has 33 heavy (non-hydrogen) atoms. The minimum Gasteiger partial charge on any atom is -0.508 e. The van der Waals surface area contributed by atoms with E-state index in [-0.39, 0.29) is 42.2 Å². The van der Waals surface area contributed by atoms with E-state index in [1.165, 1.54) is 12.8 Å². The predicted molar refractivity (Wildman–Crippen MR) is 123 cm³/mol. The maximum atomic E-state index is 13.5. The Morgan fingerprint density at radius 3 is 2.76 bits per heavy atom. The molecule has 2 aliphatic heterocycles. The summed E-state index contributed by atoms with van der Waals surface area (Å²) in [6, 6.07) is 4.74. The highest BCUT2D eigenvalue weighted by Crippen LogP contribution is 2.58. The Morgan fingerprint density at radius 1 is 1.21 bits per heavy atom. The summed E-state index contributed by atoms with van der Waals surface area (Å²) in [6.07, 6.45) is 5.95. The van der Waals surface area contributed by atoms with Crippen LogP contribution in [0.25, 0.3) is 0 Å². The lowest BCUT2D eigenvalue weighted by molar-refractivity contribution is -0.178. The molecule has 1 aromatic carbocycles. The molecule has 2 heterocycles. The zero-order valence-electron chi connectivity index (χ0n) is 19.2. The van der Waals surface area contributed by atoms with E-state index in [9.17, 15) is 19.8 Å². The number of Topliss-reactive ketones (excluding diaryl/α,β-unsaturated/α-hetero) is 1. The normalized spacial score (nSPS) is 36.7. The van der Waals surface area contributed by atoms with Gasteiger partial charge in [0.05, 0.1) is 11.6 Å². The average molecular weight is 454 g/mol. The Kier molecular flexibility index (Phi) is 5.09. The van der Waals surface area contributed by atoms with E-state index in [1.54, 1.807) is 12.1 Å². The number of benzene rings is 1.